The van der Waals surface area contributed by atoms with Gasteiger partial charge in [-0.25, -0.2) is 4.98 Å². The monoisotopic (exact) mass is 518 g/mol. The molecule has 0 aliphatic rings. The fourth-order valence-electron chi connectivity index (χ4n) is 4.07. The third-order valence-electron chi connectivity index (χ3n) is 6.07. The SMILES string of the molecule is COc1ncccc1Nc1c(NC(NC(=O)c2cccc(Cl)c2)C(C)(C)Cc2ccccc2)c(=O)c1=O. The molecule has 0 aliphatic heterocycles. The van der Waals surface area contributed by atoms with E-state index in [1.807, 2.05) is 44.2 Å². The number of nitrogens with zero attached hydrogens (tertiary/aromatic N) is 1. The molecule has 0 radical (unpaired) electrons. The lowest BCUT2D eigenvalue weighted by molar-refractivity contribution is 0.0907. The summed E-state index contributed by atoms with van der Waals surface area (Å²) in [5, 5.41) is 9.52. The van der Waals surface area contributed by atoms with E-state index in [1.54, 1.807) is 42.6 Å². The smallest absolute Gasteiger partial charge is 0.253 e. The van der Waals surface area contributed by atoms with Crippen molar-refractivity contribution < 1.29 is 9.53 Å². The Kier molecular flexibility index (Phi) is 7.59. The summed E-state index contributed by atoms with van der Waals surface area (Å²) in [5.41, 5.74) is 0.0824. The molecule has 37 heavy (non-hydrogen) atoms. The molecule has 3 aromatic carbocycles. The molecule has 1 amide bonds. The van der Waals surface area contributed by atoms with Crippen molar-refractivity contribution in [1.82, 2.24) is 10.3 Å². The number of nitrogens with one attached hydrogen (secondary N) is 3. The van der Waals surface area contributed by atoms with Crippen molar-refractivity contribution in [3.63, 3.8) is 0 Å². The number of halogens is 1. The van der Waals surface area contributed by atoms with Crippen LogP contribution in [0.4, 0.5) is 17.1 Å². The van der Waals surface area contributed by atoms with E-state index in [1.165, 1.54) is 7.11 Å². The van der Waals surface area contributed by atoms with Gasteiger partial charge in [0.25, 0.3) is 16.8 Å². The summed E-state index contributed by atoms with van der Waals surface area (Å²) in [6.45, 7) is 3.94. The van der Waals surface area contributed by atoms with Crippen molar-refractivity contribution in [2.45, 2.75) is 26.4 Å². The predicted molar refractivity (Wildman–Crippen MR) is 146 cm³/mol. The van der Waals surface area contributed by atoms with Gasteiger partial charge < -0.3 is 20.7 Å². The molecule has 9 heteroatoms. The molecule has 190 valence electrons. The molecular weight excluding hydrogens is 492 g/mol. The van der Waals surface area contributed by atoms with Crippen LogP contribution in [-0.4, -0.2) is 24.2 Å². The maximum Gasteiger partial charge on any atom is 0.253 e. The lowest BCUT2D eigenvalue weighted by Crippen LogP contribution is -2.53. The third kappa shape index (κ3) is 5.81. The molecule has 4 aromatic rings. The second-order valence-corrected chi connectivity index (χ2v) is 9.74. The van der Waals surface area contributed by atoms with Crippen molar-refractivity contribution in [1.29, 1.82) is 0 Å². The first-order chi connectivity index (χ1) is 17.7. The first kappa shape index (κ1) is 25.9. The first-order valence-electron chi connectivity index (χ1n) is 11.7. The molecule has 1 unspecified atom stereocenters. The topological polar surface area (TPSA) is 109 Å². The standard InChI is InChI=1S/C28H27ClN4O4/c1-28(2,16-17-9-5-4-6-10-17)27(33-25(36)18-11-7-12-19(29)15-18)32-22-21(23(34)24(22)35)31-20-13-8-14-30-26(20)37-3/h4-15,27,31-32H,16H2,1-3H3,(H,33,36). The van der Waals surface area contributed by atoms with Crippen molar-refractivity contribution in [3.05, 3.63) is 110 Å². The number of carbonyl (C=O) groups excluding carboxylic acids is 1. The summed E-state index contributed by atoms with van der Waals surface area (Å²) >= 11 is 6.09. The van der Waals surface area contributed by atoms with Crippen molar-refractivity contribution in [2.24, 2.45) is 5.41 Å². The Hall–Kier alpha value is -4.17. The zero-order chi connectivity index (χ0) is 26.6. The fourth-order valence-corrected chi connectivity index (χ4v) is 4.26. The summed E-state index contributed by atoms with van der Waals surface area (Å²) in [5.74, 6) is -0.0972. The number of ether oxygens (including phenoxy) is 1. The molecule has 0 bridgehead atoms. The van der Waals surface area contributed by atoms with Gasteiger partial charge in [0.05, 0.1) is 7.11 Å². The average molecular weight is 519 g/mol. The normalized spacial score (nSPS) is 12.1. The number of aromatic nitrogens is 1. The fraction of sp³-hybridized carbons (Fsp3) is 0.214. The van der Waals surface area contributed by atoms with Crippen LogP contribution in [0.5, 0.6) is 5.88 Å². The lowest BCUT2D eigenvalue weighted by atomic mass is 9.82. The Balaban J connectivity index is 1.66. The molecule has 0 saturated carbocycles. The number of hydrogen-bond donors (Lipinski definition) is 3. The largest absolute Gasteiger partial charge is 0.480 e. The van der Waals surface area contributed by atoms with Gasteiger partial charge in [0.2, 0.25) is 5.88 Å². The van der Waals surface area contributed by atoms with E-state index in [4.69, 9.17) is 16.3 Å². The number of amides is 1. The van der Waals surface area contributed by atoms with Gasteiger partial charge in [-0.2, -0.15) is 0 Å². The van der Waals surface area contributed by atoms with Crippen molar-refractivity contribution in [3.8, 4) is 5.88 Å². The van der Waals surface area contributed by atoms with Gasteiger partial charge in [0.1, 0.15) is 23.2 Å². The van der Waals surface area contributed by atoms with E-state index < -0.39 is 22.4 Å². The minimum Gasteiger partial charge on any atom is -0.480 e. The molecule has 4 rings (SSSR count). The first-order valence-corrected chi connectivity index (χ1v) is 12.0. The summed E-state index contributed by atoms with van der Waals surface area (Å²) in [6, 6.07) is 19.8. The summed E-state index contributed by atoms with van der Waals surface area (Å²) < 4.78 is 5.24. The quantitative estimate of drug-likeness (QED) is 0.209. The highest BCUT2D eigenvalue weighted by Crippen LogP contribution is 2.31. The second-order valence-electron chi connectivity index (χ2n) is 9.31. The average Bonchev–Trinajstić information content (AvgIpc) is 2.90. The Morgan fingerprint density at radius 1 is 1.00 bits per heavy atom. The number of anilines is 3. The van der Waals surface area contributed by atoms with Crippen LogP contribution in [0.15, 0.2) is 82.5 Å². The molecule has 1 atom stereocenters. The van der Waals surface area contributed by atoms with Crippen LogP contribution >= 0.6 is 11.6 Å². The lowest BCUT2D eigenvalue weighted by Gasteiger charge is -2.37. The summed E-state index contributed by atoms with van der Waals surface area (Å²) in [4.78, 5) is 42.4. The van der Waals surface area contributed by atoms with Crippen LogP contribution in [0, 0.1) is 5.41 Å². The molecule has 1 aromatic heterocycles. The highest BCUT2D eigenvalue weighted by atomic mass is 35.5. The molecule has 1 heterocycles. The minimum atomic E-state index is -0.723. The Bertz CT molecular complexity index is 1480. The minimum absolute atomic E-state index is 0.0773. The van der Waals surface area contributed by atoms with E-state index in [9.17, 15) is 14.4 Å². The van der Waals surface area contributed by atoms with Gasteiger partial charge in [-0.15, -0.1) is 0 Å². The number of rotatable bonds is 10. The van der Waals surface area contributed by atoms with Gasteiger partial charge in [-0.05, 0) is 42.3 Å². The molecule has 3 N–H and O–H groups in total. The number of hydrogen-bond acceptors (Lipinski definition) is 7. The van der Waals surface area contributed by atoms with Gasteiger partial charge in [0.15, 0.2) is 0 Å². The highest BCUT2D eigenvalue weighted by Gasteiger charge is 2.34. The van der Waals surface area contributed by atoms with Crippen LogP contribution in [0.1, 0.15) is 29.8 Å². The molecular formula is C28H27ClN4O4. The number of methoxy groups -OCH3 is 1. The maximum absolute atomic E-state index is 13.2. The van der Waals surface area contributed by atoms with E-state index in [-0.39, 0.29) is 23.2 Å². The van der Waals surface area contributed by atoms with Crippen LogP contribution in [-0.2, 0) is 6.42 Å². The third-order valence-corrected chi connectivity index (χ3v) is 6.30. The zero-order valence-electron chi connectivity index (χ0n) is 20.7. The van der Waals surface area contributed by atoms with Crippen LogP contribution in [0.3, 0.4) is 0 Å². The molecule has 0 aliphatic carbocycles. The van der Waals surface area contributed by atoms with Crippen LogP contribution in [0.25, 0.3) is 0 Å². The predicted octanol–water partition coefficient (Wildman–Crippen LogP) is 4.52. The summed E-state index contributed by atoms with van der Waals surface area (Å²) in [7, 11) is 1.46. The Morgan fingerprint density at radius 3 is 2.43 bits per heavy atom. The Morgan fingerprint density at radius 2 is 1.73 bits per heavy atom. The van der Waals surface area contributed by atoms with Crippen LogP contribution in [0.2, 0.25) is 5.02 Å². The number of pyridine rings is 1. The van der Waals surface area contributed by atoms with E-state index in [2.05, 4.69) is 20.9 Å². The number of carbonyl (C=O) groups is 1. The Labute approximate surface area is 219 Å². The van der Waals surface area contributed by atoms with Crippen molar-refractivity contribution in [2.75, 3.05) is 17.7 Å². The maximum atomic E-state index is 13.2. The van der Waals surface area contributed by atoms with Crippen LogP contribution < -0.4 is 31.5 Å². The highest BCUT2D eigenvalue weighted by molar-refractivity contribution is 6.30. The van der Waals surface area contributed by atoms with E-state index in [0.29, 0.717) is 22.7 Å². The number of benzene rings is 2. The van der Waals surface area contributed by atoms with Crippen molar-refractivity contribution >= 4 is 34.6 Å². The van der Waals surface area contributed by atoms with Gasteiger partial charge in [-0.1, -0.05) is 61.8 Å². The van der Waals surface area contributed by atoms with Gasteiger partial charge in [0, 0.05) is 22.2 Å². The van der Waals surface area contributed by atoms with Gasteiger partial charge >= 0.3 is 0 Å². The van der Waals surface area contributed by atoms with E-state index >= 15 is 0 Å². The zero-order valence-corrected chi connectivity index (χ0v) is 21.4. The molecule has 0 saturated heterocycles. The molecule has 8 nitrogen and oxygen atoms in total. The molecule has 0 spiro atoms. The molecule has 0 fully saturated rings. The summed E-state index contributed by atoms with van der Waals surface area (Å²) in [6.07, 6.45) is 1.41. The van der Waals surface area contributed by atoms with Gasteiger partial charge in [-0.3, -0.25) is 14.4 Å². The second kappa shape index (κ2) is 10.8. The van der Waals surface area contributed by atoms with E-state index in [0.717, 1.165) is 5.56 Å².